The van der Waals surface area contributed by atoms with Gasteiger partial charge in [-0.3, -0.25) is 0 Å². The van der Waals surface area contributed by atoms with Gasteiger partial charge in [0, 0.05) is 13.1 Å². The fourth-order valence-corrected chi connectivity index (χ4v) is 3.94. The summed E-state index contributed by atoms with van der Waals surface area (Å²) in [5, 5.41) is 2.90. The lowest BCUT2D eigenvalue weighted by molar-refractivity contribution is 0.357. The van der Waals surface area contributed by atoms with Crippen LogP contribution in [0.3, 0.4) is 0 Å². The first-order valence-corrected chi connectivity index (χ1v) is 8.72. The maximum absolute atomic E-state index is 13.4. The average molecular weight is 314 g/mol. The lowest BCUT2D eigenvalue weighted by Gasteiger charge is -2.20. The van der Waals surface area contributed by atoms with Crippen molar-refractivity contribution in [3.8, 4) is 0 Å². The maximum atomic E-state index is 13.4. The van der Waals surface area contributed by atoms with Gasteiger partial charge >= 0.3 is 0 Å². The van der Waals surface area contributed by atoms with E-state index in [1.807, 2.05) is 0 Å². The summed E-state index contributed by atoms with van der Waals surface area (Å²) in [7, 11) is -1.97. The van der Waals surface area contributed by atoms with Gasteiger partial charge in [-0.05, 0) is 48.9 Å². The summed E-state index contributed by atoms with van der Waals surface area (Å²) in [5.74, 6) is -0.107. The van der Waals surface area contributed by atoms with Gasteiger partial charge in [-0.1, -0.05) is 19.9 Å². The van der Waals surface area contributed by atoms with Crippen molar-refractivity contribution in [3.63, 3.8) is 0 Å². The number of rotatable bonds is 7. The van der Waals surface area contributed by atoms with Crippen LogP contribution in [0.4, 0.5) is 4.39 Å². The Hall–Kier alpha value is -0.980. The zero-order chi connectivity index (χ0) is 15.7. The molecule has 0 heterocycles. The monoisotopic (exact) mass is 314 g/mol. The Bertz CT molecular complexity index is 610. The van der Waals surface area contributed by atoms with E-state index in [1.54, 1.807) is 7.05 Å². The molecule has 0 unspecified atom stereocenters. The van der Waals surface area contributed by atoms with Gasteiger partial charge in [0.2, 0.25) is 10.0 Å². The van der Waals surface area contributed by atoms with Gasteiger partial charge < -0.3 is 5.32 Å². The highest BCUT2D eigenvalue weighted by atomic mass is 32.2. The van der Waals surface area contributed by atoms with Crippen molar-refractivity contribution in [2.24, 2.45) is 11.3 Å². The van der Waals surface area contributed by atoms with Crippen molar-refractivity contribution in [3.05, 3.63) is 29.6 Å². The standard InChI is InChI=1S/C15H23FN2O2S/c1-11(2)15(6-7-15)10-18-21(19,20)14-8-13(16)5-4-12(14)9-17-3/h4-5,8,11,17-18H,6-7,9-10H2,1-3H3. The molecule has 118 valence electrons. The molecular weight excluding hydrogens is 291 g/mol. The fraction of sp³-hybridized carbons (Fsp3) is 0.600. The summed E-state index contributed by atoms with van der Waals surface area (Å²) in [4.78, 5) is 0.0245. The number of sulfonamides is 1. The number of halogens is 1. The molecule has 0 spiro atoms. The molecule has 1 aromatic carbocycles. The molecule has 2 rings (SSSR count). The molecule has 1 saturated carbocycles. The Morgan fingerprint density at radius 2 is 2.00 bits per heavy atom. The van der Waals surface area contributed by atoms with Crippen LogP contribution in [-0.4, -0.2) is 22.0 Å². The van der Waals surface area contributed by atoms with E-state index >= 15 is 0 Å². The summed E-state index contributed by atoms with van der Waals surface area (Å²) in [6.07, 6.45) is 2.08. The third kappa shape index (κ3) is 3.62. The number of hydrogen-bond donors (Lipinski definition) is 2. The second-order valence-electron chi connectivity index (χ2n) is 6.12. The molecule has 4 nitrogen and oxygen atoms in total. The lowest BCUT2D eigenvalue weighted by Crippen LogP contribution is -2.33. The van der Waals surface area contributed by atoms with Gasteiger partial charge in [0.05, 0.1) is 4.90 Å². The quantitative estimate of drug-likeness (QED) is 0.811. The van der Waals surface area contributed by atoms with Gasteiger partial charge in [-0.2, -0.15) is 0 Å². The first kappa shape index (κ1) is 16.4. The van der Waals surface area contributed by atoms with Gasteiger partial charge in [-0.15, -0.1) is 0 Å². The number of hydrogen-bond acceptors (Lipinski definition) is 3. The minimum Gasteiger partial charge on any atom is -0.316 e. The molecule has 0 aliphatic heterocycles. The molecule has 1 aromatic rings. The zero-order valence-corrected chi connectivity index (χ0v) is 13.6. The van der Waals surface area contributed by atoms with Crippen LogP contribution < -0.4 is 10.0 Å². The third-order valence-electron chi connectivity index (χ3n) is 4.42. The largest absolute Gasteiger partial charge is 0.316 e. The topological polar surface area (TPSA) is 58.2 Å². The van der Waals surface area contributed by atoms with Crippen LogP contribution in [0.25, 0.3) is 0 Å². The second kappa shape index (κ2) is 6.02. The van der Waals surface area contributed by atoms with E-state index in [2.05, 4.69) is 23.9 Å². The van der Waals surface area contributed by atoms with Gasteiger partial charge in [0.15, 0.2) is 0 Å². The fourth-order valence-electron chi connectivity index (χ4n) is 2.55. The van der Waals surface area contributed by atoms with Crippen LogP contribution >= 0.6 is 0 Å². The van der Waals surface area contributed by atoms with Crippen molar-refractivity contribution >= 4 is 10.0 Å². The Balaban J connectivity index is 2.21. The van der Waals surface area contributed by atoms with E-state index in [1.165, 1.54) is 12.1 Å². The molecule has 1 fully saturated rings. The smallest absolute Gasteiger partial charge is 0.241 e. The molecule has 0 atom stereocenters. The van der Waals surface area contributed by atoms with E-state index in [-0.39, 0.29) is 10.3 Å². The highest BCUT2D eigenvalue weighted by molar-refractivity contribution is 7.89. The molecule has 6 heteroatoms. The van der Waals surface area contributed by atoms with Gasteiger partial charge in [0.1, 0.15) is 5.82 Å². The van der Waals surface area contributed by atoms with Crippen molar-refractivity contribution in [2.45, 2.75) is 38.1 Å². The van der Waals surface area contributed by atoms with E-state index in [0.29, 0.717) is 24.6 Å². The molecule has 21 heavy (non-hydrogen) atoms. The minimum atomic E-state index is -3.69. The molecule has 1 aliphatic carbocycles. The first-order valence-electron chi connectivity index (χ1n) is 7.23. The van der Waals surface area contributed by atoms with Crippen LogP contribution in [-0.2, 0) is 16.6 Å². The molecule has 0 radical (unpaired) electrons. The van der Waals surface area contributed by atoms with Crippen LogP contribution in [0.1, 0.15) is 32.3 Å². The van der Waals surface area contributed by atoms with Gasteiger partial charge in [-0.25, -0.2) is 17.5 Å². The summed E-state index contributed by atoms with van der Waals surface area (Å²) in [5.41, 5.74) is 0.643. The van der Waals surface area contributed by atoms with Crippen molar-refractivity contribution in [2.75, 3.05) is 13.6 Å². The molecule has 0 amide bonds. The lowest BCUT2D eigenvalue weighted by atomic mass is 9.93. The van der Waals surface area contributed by atoms with Crippen molar-refractivity contribution in [1.29, 1.82) is 0 Å². The summed E-state index contributed by atoms with van der Waals surface area (Å²) in [6, 6.07) is 3.88. The maximum Gasteiger partial charge on any atom is 0.241 e. The second-order valence-corrected chi connectivity index (χ2v) is 7.86. The molecule has 1 aliphatic rings. The van der Waals surface area contributed by atoms with E-state index in [9.17, 15) is 12.8 Å². The highest BCUT2D eigenvalue weighted by Crippen LogP contribution is 2.51. The number of benzene rings is 1. The van der Waals surface area contributed by atoms with Crippen LogP contribution in [0, 0.1) is 17.2 Å². The molecule has 0 bridgehead atoms. The molecular formula is C15H23FN2O2S. The predicted molar refractivity (Wildman–Crippen MR) is 80.9 cm³/mol. The Morgan fingerprint density at radius 3 is 2.52 bits per heavy atom. The third-order valence-corrected chi connectivity index (χ3v) is 5.90. The number of nitrogens with one attached hydrogen (secondary N) is 2. The SMILES string of the molecule is CNCc1ccc(F)cc1S(=O)(=O)NCC1(C(C)C)CC1. The van der Waals surface area contributed by atoms with Crippen LogP contribution in [0.2, 0.25) is 0 Å². The Labute approximate surface area is 126 Å². The van der Waals surface area contributed by atoms with Crippen molar-refractivity contribution < 1.29 is 12.8 Å². The molecule has 0 saturated heterocycles. The Morgan fingerprint density at radius 1 is 1.33 bits per heavy atom. The van der Waals surface area contributed by atoms with Crippen molar-refractivity contribution in [1.82, 2.24) is 10.0 Å². The average Bonchev–Trinajstić information content (AvgIpc) is 3.20. The van der Waals surface area contributed by atoms with Crippen LogP contribution in [0.5, 0.6) is 0 Å². The highest BCUT2D eigenvalue weighted by Gasteiger charge is 2.45. The van der Waals surface area contributed by atoms with E-state index in [0.717, 1.165) is 18.9 Å². The summed E-state index contributed by atoms with van der Waals surface area (Å²) >= 11 is 0. The predicted octanol–water partition coefficient (Wildman–Crippen LogP) is 2.26. The van der Waals surface area contributed by atoms with E-state index < -0.39 is 15.8 Å². The summed E-state index contributed by atoms with van der Waals surface area (Å²) in [6.45, 7) is 5.01. The molecule has 2 N–H and O–H groups in total. The molecule has 0 aromatic heterocycles. The first-order chi connectivity index (χ1) is 9.81. The zero-order valence-electron chi connectivity index (χ0n) is 12.7. The van der Waals surface area contributed by atoms with Crippen LogP contribution in [0.15, 0.2) is 23.1 Å². The van der Waals surface area contributed by atoms with E-state index in [4.69, 9.17) is 0 Å². The normalized spacial score (nSPS) is 17.2. The minimum absolute atomic E-state index is 0.0245. The Kier molecular flexibility index (Phi) is 4.70. The summed E-state index contributed by atoms with van der Waals surface area (Å²) < 4.78 is 41.0. The van der Waals surface area contributed by atoms with Gasteiger partial charge in [0.25, 0.3) is 0 Å².